The predicted octanol–water partition coefficient (Wildman–Crippen LogP) is 4.90. The van der Waals surface area contributed by atoms with E-state index in [0.29, 0.717) is 13.0 Å². The van der Waals surface area contributed by atoms with E-state index in [1.165, 1.54) is 11.1 Å². The lowest BCUT2D eigenvalue weighted by Gasteiger charge is -2.21. The zero-order valence-electron chi connectivity index (χ0n) is 17.7. The molecule has 0 saturated carbocycles. The Morgan fingerprint density at radius 2 is 1.79 bits per heavy atom. The molecule has 0 aliphatic rings. The van der Waals surface area contributed by atoms with Gasteiger partial charge >= 0.3 is 0 Å². The molecule has 28 heavy (non-hydrogen) atoms. The van der Waals surface area contributed by atoms with Gasteiger partial charge in [-0.2, -0.15) is 0 Å². The van der Waals surface area contributed by atoms with Crippen LogP contribution in [0.3, 0.4) is 0 Å². The number of carbonyl (C=O) groups excluding carboxylic acids is 1. The van der Waals surface area contributed by atoms with Crippen molar-refractivity contribution in [2.45, 2.75) is 58.5 Å². The Morgan fingerprint density at radius 1 is 1.07 bits per heavy atom. The summed E-state index contributed by atoms with van der Waals surface area (Å²) in [6.07, 6.45) is 1.92. The third-order valence-electron chi connectivity index (χ3n) is 4.74. The third-order valence-corrected chi connectivity index (χ3v) is 4.74. The highest BCUT2D eigenvalue weighted by Crippen LogP contribution is 2.25. The molecule has 0 aliphatic heterocycles. The minimum atomic E-state index is -0.475. The smallest absolute Gasteiger partial charge is 0.261 e. The first-order valence-electron chi connectivity index (χ1n) is 10.0. The Labute approximate surface area is 169 Å². The summed E-state index contributed by atoms with van der Waals surface area (Å²) >= 11 is 0. The molecule has 0 unspecified atom stereocenters. The second-order valence-corrected chi connectivity index (χ2v) is 8.04. The van der Waals surface area contributed by atoms with Crippen LogP contribution in [0.5, 0.6) is 11.5 Å². The first kappa shape index (κ1) is 21.8. The van der Waals surface area contributed by atoms with Crippen molar-refractivity contribution in [2.75, 3.05) is 13.7 Å². The van der Waals surface area contributed by atoms with Crippen molar-refractivity contribution in [2.24, 2.45) is 0 Å². The summed E-state index contributed by atoms with van der Waals surface area (Å²) in [6, 6.07) is 16.0. The number of carbonyl (C=O) groups is 1. The summed E-state index contributed by atoms with van der Waals surface area (Å²) in [4.78, 5) is 12.5. The van der Waals surface area contributed by atoms with Gasteiger partial charge in [0.2, 0.25) is 0 Å². The molecule has 0 radical (unpaired) electrons. The number of benzene rings is 2. The van der Waals surface area contributed by atoms with Crippen molar-refractivity contribution < 1.29 is 14.3 Å². The van der Waals surface area contributed by atoms with Gasteiger partial charge in [0.25, 0.3) is 5.91 Å². The van der Waals surface area contributed by atoms with Crippen LogP contribution in [0, 0.1) is 0 Å². The number of nitrogens with one attached hydrogen (secondary N) is 1. The van der Waals surface area contributed by atoms with Gasteiger partial charge in [-0.15, -0.1) is 0 Å². The minimum Gasteiger partial charge on any atom is -0.497 e. The maximum Gasteiger partial charge on any atom is 0.261 e. The SMILES string of the molecule is CC[C@@H](Oc1ccc(C(C)(C)C)cc1)C(=O)NCCCc1cccc(OC)c1. The van der Waals surface area contributed by atoms with Gasteiger partial charge in [0.05, 0.1) is 7.11 Å². The molecule has 4 nitrogen and oxygen atoms in total. The minimum absolute atomic E-state index is 0.0620. The Hall–Kier alpha value is -2.49. The molecule has 2 aromatic rings. The van der Waals surface area contributed by atoms with Crippen molar-refractivity contribution in [3.8, 4) is 11.5 Å². The zero-order valence-corrected chi connectivity index (χ0v) is 17.7. The van der Waals surface area contributed by atoms with Gasteiger partial charge in [-0.25, -0.2) is 0 Å². The van der Waals surface area contributed by atoms with E-state index in [0.717, 1.165) is 24.3 Å². The number of hydrogen-bond acceptors (Lipinski definition) is 3. The second-order valence-electron chi connectivity index (χ2n) is 8.04. The lowest BCUT2D eigenvalue weighted by Crippen LogP contribution is -2.38. The van der Waals surface area contributed by atoms with Crippen molar-refractivity contribution in [3.63, 3.8) is 0 Å². The Morgan fingerprint density at radius 3 is 2.39 bits per heavy atom. The van der Waals surface area contributed by atoms with Crippen LogP contribution in [0.1, 0.15) is 51.7 Å². The van der Waals surface area contributed by atoms with Crippen molar-refractivity contribution in [1.29, 1.82) is 0 Å². The Balaban J connectivity index is 1.81. The number of methoxy groups -OCH3 is 1. The average Bonchev–Trinajstić information content (AvgIpc) is 2.69. The number of aryl methyl sites for hydroxylation is 1. The quantitative estimate of drug-likeness (QED) is 0.627. The van der Waals surface area contributed by atoms with Crippen LogP contribution < -0.4 is 14.8 Å². The molecule has 0 aromatic heterocycles. The van der Waals surface area contributed by atoms with Crippen LogP contribution in [0.2, 0.25) is 0 Å². The van der Waals surface area contributed by atoms with Gasteiger partial charge in [0.1, 0.15) is 11.5 Å². The molecule has 0 saturated heterocycles. The summed E-state index contributed by atoms with van der Waals surface area (Å²) in [5.41, 5.74) is 2.55. The first-order chi connectivity index (χ1) is 13.3. The second kappa shape index (κ2) is 10.2. The summed E-state index contributed by atoms with van der Waals surface area (Å²) in [7, 11) is 1.67. The number of hydrogen-bond donors (Lipinski definition) is 1. The van der Waals surface area contributed by atoms with Crippen LogP contribution in [0.4, 0.5) is 0 Å². The standard InChI is InChI=1S/C24H33NO3/c1-6-22(28-20-14-12-19(13-15-20)24(2,3)4)23(26)25-16-8-10-18-9-7-11-21(17-18)27-5/h7,9,11-15,17,22H,6,8,10,16H2,1-5H3,(H,25,26)/t22-/m1/s1. The van der Waals surface area contributed by atoms with E-state index in [2.05, 4.69) is 44.3 Å². The zero-order chi connectivity index (χ0) is 20.6. The molecule has 0 fully saturated rings. The molecule has 1 N–H and O–H groups in total. The molecule has 1 amide bonds. The highest BCUT2D eigenvalue weighted by molar-refractivity contribution is 5.81. The monoisotopic (exact) mass is 383 g/mol. The van der Waals surface area contributed by atoms with E-state index < -0.39 is 6.10 Å². The number of rotatable bonds is 9. The van der Waals surface area contributed by atoms with E-state index in [-0.39, 0.29) is 11.3 Å². The number of amides is 1. The van der Waals surface area contributed by atoms with E-state index in [1.807, 2.05) is 37.3 Å². The van der Waals surface area contributed by atoms with Crippen LogP contribution >= 0.6 is 0 Å². The van der Waals surface area contributed by atoms with Crippen LogP contribution in [-0.4, -0.2) is 25.7 Å². The first-order valence-corrected chi connectivity index (χ1v) is 10.0. The van der Waals surface area contributed by atoms with Crippen molar-refractivity contribution >= 4 is 5.91 Å². The number of ether oxygens (including phenoxy) is 2. The molecule has 4 heteroatoms. The van der Waals surface area contributed by atoms with Gasteiger partial charge in [-0.05, 0) is 60.1 Å². The van der Waals surface area contributed by atoms with E-state index in [4.69, 9.17) is 9.47 Å². The highest BCUT2D eigenvalue weighted by Gasteiger charge is 2.19. The average molecular weight is 384 g/mol. The predicted molar refractivity (Wildman–Crippen MR) is 114 cm³/mol. The lowest BCUT2D eigenvalue weighted by molar-refractivity contribution is -0.128. The fraction of sp³-hybridized carbons (Fsp3) is 0.458. The topological polar surface area (TPSA) is 47.6 Å². The summed E-state index contributed by atoms with van der Waals surface area (Å²) in [5.74, 6) is 1.53. The van der Waals surface area contributed by atoms with Crippen molar-refractivity contribution in [1.82, 2.24) is 5.32 Å². The van der Waals surface area contributed by atoms with Gasteiger partial charge in [-0.1, -0.05) is 52.0 Å². The molecule has 1 atom stereocenters. The molecule has 2 aromatic carbocycles. The maximum absolute atomic E-state index is 12.5. The molecule has 2 rings (SSSR count). The molecule has 0 bridgehead atoms. The van der Waals surface area contributed by atoms with Gasteiger partial charge in [-0.3, -0.25) is 4.79 Å². The van der Waals surface area contributed by atoms with Crippen LogP contribution in [0.15, 0.2) is 48.5 Å². The summed E-state index contributed by atoms with van der Waals surface area (Å²) in [5, 5.41) is 2.99. The highest BCUT2D eigenvalue weighted by atomic mass is 16.5. The Kier molecular flexibility index (Phi) is 7.91. The van der Waals surface area contributed by atoms with Gasteiger partial charge in [0.15, 0.2) is 6.10 Å². The molecule has 0 spiro atoms. The summed E-state index contributed by atoms with van der Waals surface area (Å²) < 4.78 is 11.2. The van der Waals surface area contributed by atoms with Crippen LogP contribution in [-0.2, 0) is 16.6 Å². The largest absolute Gasteiger partial charge is 0.497 e. The Bertz CT molecular complexity index is 747. The third kappa shape index (κ3) is 6.59. The summed E-state index contributed by atoms with van der Waals surface area (Å²) in [6.45, 7) is 9.12. The van der Waals surface area contributed by atoms with E-state index in [1.54, 1.807) is 7.11 Å². The lowest BCUT2D eigenvalue weighted by atomic mass is 9.87. The fourth-order valence-electron chi connectivity index (χ4n) is 2.97. The molecular weight excluding hydrogens is 350 g/mol. The van der Waals surface area contributed by atoms with E-state index >= 15 is 0 Å². The maximum atomic E-state index is 12.5. The normalized spacial score (nSPS) is 12.3. The van der Waals surface area contributed by atoms with E-state index in [9.17, 15) is 4.79 Å². The fourth-order valence-corrected chi connectivity index (χ4v) is 2.97. The molecule has 152 valence electrons. The van der Waals surface area contributed by atoms with Crippen LogP contribution in [0.25, 0.3) is 0 Å². The van der Waals surface area contributed by atoms with Gasteiger partial charge in [0, 0.05) is 6.54 Å². The molecule has 0 heterocycles. The molecule has 0 aliphatic carbocycles. The molecular formula is C24H33NO3. The van der Waals surface area contributed by atoms with Gasteiger partial charge < -0.3 is 14.8 Å². The van der Waals surface area contributed by atoms with Crippen molar-refractivity contribution in [3.05, 3.63) is 59.7 Å².